The zero-order valence-corrected chi connectivity index (χ0v) is 8.05. The minimum absolute atomic E-state index is 0.463. The molecule has 14 heavy (non-hydrogen) atoms. The summed E-state index contributed by atoms with van der Waals surface area (Å²) < 4.78 is 0. The van der Waals surface area contributed by atoms with Crippen LogP contribution in [0.2, 0.25) is 0 Å². The van der Waals surface area contributed by atoms with Crippen LogP contribution in [0.3, 0.4) is 0 Å². The van der Waals surface area contributed by atoms with E-state index < -0.39 is 0 Å². The van der Waals surface area contributed by atoms with E-state index in [1.807, 2.05) is 30.3 Å². The summed E-state index contributed by atoms with van der Waals surface area (Å²) in [6, 6.07) is 9.74. The van der Waals surface area contributed by atoms with Crippen molar-refractivity contribution in [1.82, 2.24) is 4.98 Å². The Morgan fingerprint density at radius 1 is 1.43 bits per heavy atom. The van der Waals surface area contributed by atoms with Crippen LogP contribution in [-0.2, 0) is 0 Å². The molecule has 0 unspecified atom stereocenters. The Kier molecular flexibility index (Phi) is 2.26. The third-order valence-corrected chi connectivity index (χ3v) is 2.35. The number of allylic oxidation sites excluding steroid dienone is 1. The number of rotatable bonds is 1. The molecular weight excluding hydrogens is 196 g/mol. The van der Waals surface area contributed by atoms with E-state index in [4.69, 9.17) is 16.9 Å². The normalized spacial score (nSPS) is 11.6. The van der Waals surface area contributed by atoms with E-state index in [1.54, 1.807) is 6.20 Å². The quantitative estimate of drug-likeness (QED) is 0.709. The molecule has 68 valence electrons. The average Bonchev–Trinajstić information content (AvgIpc) is 2.61. The van der Waals surface area contributed by atoms with Gasteiger partial charge in [-0.25, -0.2) is 0 Å². The van der Waals surface area contributed by atoms with E-state index in [1.165, 1.54) is 6.08 Å². The number of para-hydroxylation sites is 1. The Morgan fingerprint density at radius 2 is 2.21 bits per heavy atom. The lowest BCUT2D eigenvalue weighted by molar-refractivity contribution is 1.47. The molecule has 0 atom stereocenters. The van der Waals surface area contributed by atoms with Gasteiger partial charge in [-0.3, -0.25) is 0 Å². The first-order valence-electron chi connectivity index (χ1n) is 4.14. The fraction of sp³-hybridized carbons (Fsp3) is 0. The van der Waals surface area contributed by atoms with Crippen LogP contribution >= 0.6 is 11.6 Å². The molecule has 0 saturated carbocycles. The van der Waals surface area contributed by atoms with Crippen molar-refractivity contribution >= 4 is 27.5 Å². The van der Waals surface area contributed by atoms with Crippen LogP contribution in [-0.4, -0.2) is 4.98 Å². The molecule has 1 N–H and O–H groups in total. The van der Waals surface area contributed by atoms with Crippen molar-refractivity contribution in [3.63, 3.8) is 0 Å². The van der Waals surface area contributed by atoms with Crippen LogP contribution in [0.5, 0.6) is 0 Å². The Bertz CT molecular complexity index is 531. The van der Waals surface area contributed by atoms with Gasteiger partial charge in [-0.05, 0) is 6.07 Å². The number of H-pyrrole nitrogens is 1. The third-order valence-electron chi connectivity index (χ3n) is 2.04. The van der Waals surface area contributed by atoms with Crippen LogP contribution in [0.25, 0.3) is 15.9 Å². The van der Waals surface area contributed by atoms with Gasteiger partial charge >= 0.3 is 0 Å². The van der Waals surface area contributed by atoms with Gasteiger partial charge in [-0.2, -0.15) is 5.26 Å². The van der Waals surface area contributed by atoms with Gasteiger partial charge in [0.1, 0.15) is 0 Å². The second kappa shape index (κ2) is 3.57. The van der Waals surface area contributed by atoms with Crippen LogP contribution in [0.4, 0.5) is 0 Å². The maximum atomic E-state index is 8.49. The molecule has 0 spiro atoms. The van der Waals surface area contributed by atoms with E-state index in [2.05, 4.69) is 4.98 Å². The minimum Gasteiger partial charge on any atom is -0.361 e. The summed E-state index contributed by atoms with van der Waals surface area (Å²) in [6.07, 6.45) is 3.14. The highest BCUT2D eigenvalue weighted by Gasteiger charge is 2.04. The molecule has 3 heteroatoms. The topological polar surface area (TPSA) is 39.6 Å². The van der Waals surface area contributed by atoms with Gasteiger partial charge < -0.3 is 4.98 Å². The molecule has 0 amide bonds. The van der Waals surface area contributed by atoms with Gasteiger partial charge in [-0.1, -0.05) is 29.8 Å². The fourth-order valence-corrected chi connectivity index (χ4v) is 1.61. The van der Waals surface area contributed by atoms with Crippen molar-refractivity contribution in [3.8, 4) is 6.07 Å². The second-order valence-corrected chi connectivity index (χ2v) is 3.28. The van der Waals surface area contributed by atoms with E-state index in [0.29, 0.717) is 5.03 Å². The number of fused-ring (bicyclic) bond motifs is 1. The Labute approximate surface area is 86.4 Å². The summed E-state index contributed by atoms with van der Waals surface area (Å²) in [5.41, 5.74) is 1.89. The smallest absolute Gasteiger partial charge is 0.0927 e. The van der Waals surface area contributed by atoms with Crippen LogP contribution in [0, 0.1) is 11.3 Å². The monoisotopic (exact) mass is 202 g/mol. The molecule has 0 aliphatic rings. The number of halogens is 1. The van der Waals surface area contributed by atoms with Crippen LogP contribution in [0.1, 0.15) is 5.56 Å². The molecule has 1 aromatic carbocycles. The lowest BCUT2D eigenvalue weighted by Gasteiger charge is -1.93. The number of benzene rings is 1. The maximum absolute atomic E-state index is 8.49. The molecule has 2 nitrogen and oxygen atoms in total. The fourth-order valence-electron chi connectivity index (χ4n) is 1.40. The summed E-state index contributed by atoms with van der Waals surface area (Å²) >= 11 is 5.95. The molecule has 0 fully saturated rings. The number of aromatic amines is 1. The summed E-state index contributed by atoms with van der Waals surface area (Å²) in [4.78, 5) is 3.09. The molecule has 2 rings (SSSR count). The van der Waals surface area contributed by atoms with E-state index in [0.717, 1.165) is 16.5 Å². The van der Waals surface area contributed by atoms with Gasteiger partial charge in [0.05, 0.1) is 11.1 Å². The first kappa shape index (κ1) is 8.86. The Hall–Kier alpha value is -1.72. The van der Waals surface area contributed by atoms with Crippen molar-refractivity contribution < 1.29 is 0 Å². The molecule has 0 saturated heterocycles. The largest absolute Gasteiger partial charge is 0.361 e. The predicted molar refractivity (Wildman–Crippen MR) is 57.7 cm³/mol. The molecule has 0 aliphatic heterocycles. The summed E-state index contributed by atoms with van der Waals surface area (Å²) in [7, 11) is 0. The van der Waals surface area contributed by atoms with Crippen molar-refractivity contribution in [2.24, 2.45) is 0 Å². The number of nitriles is 1. The van der Waals surface area contributed by atoms with Crippen LogP contribution in [0.15, 0.2) is 36.5 Å². The second-order valence-electron chi connectivity index (χ2n) is 2.87. The first-order chi connectivity index (χ1) is 6.83. The molecule has 1 aromatic heterocycles. The molecular formula is C11H7ClN2. The van der Waals surface area contributed by atoms with E-state index in [-0.39, 0.29) is 0 Å². The Morgan fingerprint density at radius 3 is 3.00 bits per heavy atom. The summed E-state index contributed by atoms with van der Waals surface area (Å²) in [5.74, 6) is 0. The number of nitrogens with one attached hydrogen (secondary N) is 1. The lowest BCUT2D eigenvalue weighted by Crippen LogP contribution is -1.72. The highest BCUT2D eigenvalue weighted by Crippen LogP contribution is 2.26. The van der Waals surface area contributed by atoms with Crippen LogP contribution < -0.4 is 0 Å². The van der Waals surface area contributed by atoms with Gasteiger partial charge in [0.15, 0.2) is 0 Å². The molecule has 0 bridgehead atoms. The van der Waals surface area contributed by atoms with Crippen molar-refractivity contribution in [3.05, 3.63) is 42.1 Å². The van der Waals surface area contributed by atoms with Crippen molar-refractivity contribution in [2.75, 3.05) is 0 Å². The van der Waals surface area contributed by atoms with E-state index >= 15 is 0 Å². The number of aromatic nitrogens is 1. The van der Waals surface area contributed by atoms with Crippen molar-refractivity contribution in [2.45, 2.75) is 0 Å². The Balaban J connectivity index is 2.65. The number of hydrogen-bond acceptors (Lipinski definition) is 1. The average molecular weight is 203 g/mol. The standard InChI is InChI=1S/C11H7ClN2/c12-10(5-6-13)9-7-14-11-4-2-1-3-8(9)11/h1-5,7,14H. The third kappa shape index (κ3) is 1.39. The summed E-state index contributed by atoms with van der Waals surface area (Å²) in [6.45, 7) is 0. The minimum atomic E-state index is 0.463. The summed E-state index contributed by atoms with van der Waals surface area (Å²) in [5, 5.41) is 9.98. The zero-order chi connectivity index (χ0) is 9.97. The molecule has 1 heterocycles. The highest BCUT2D eigenvalue weighted by molar-refractivity contribution is 6.50. The van der Waals surface area contributed by atoms with Gasteiger partial charge in [-0.15, -0.1) is 0 Å². The van der Waals surface area contributed by atoms with Crippen molar-refractivity contribution in [1.29, 1.82) is 5.26 Å². The number of nitrogens with zero attached hydrogens (tertiary/aromatic N) is 1. The molecule has 0 aliphatic carbocycles. The molecule has 2 aromatic rings. The van der Waals surface area contributed by atoms with Gasteiger partial charge in [0.2, 0.25) is 0 Å². The lowest BCUT2D eigenvalue weighted by atomic mass is 10.1. The van der Waals surface area contributed by atoms with Gasteiger partial charge in [0, 0.05) is 28.7 Å². The maximum Gasteiger partial charge on any atom is 0.0927 e. The first-order valence-corrected chi connectivity index (χ1v) is 4.52. The molecule has 0 radical (unpaired) electrons. The number of hydrogen-bond donors (Lipinski definition) is 1. The van der Waals surface area contributed by atoms with E-state index in [9.17, 15) is 0 Å². The highest BCUT2D eigenvalue weighted by atomic mass is 35.5. The predicted octanol–water partition coefficient (Wildman–Crippen LogP) is 3.27. The zero-order valence-electron chi connectivity index (χ0n) is 7.29. The van der Waals surface area contributed by atoms with Gasteiger partial charge in [0.25, 0.3) is 0 Å². The SMILES string of the molecule is N#CC=C(Cl)c1c[nH]c2ccccc12.